The molecule has 0 bridgehead atoms. The first-order valence-electron chi connectivity index (χ1n) is 5.11. The van der Waals surface area contributed by atoms with Gasteiger partial charge >= 0.3 is 0 Å². The van der Waals surface area contributed by atoms with Gasteiger partial charge in [0, 0.05) is 5.92 Å². The molecular weight excluding hydrogens is 202 g/mol. The van der Waals surface area contributed by atoms with Gasteiger partial charge in [0.2, 0.25) is 11.1 Å². The number of nitrogens with one attached hydrogen (secondary N) is 1. The van der Waals surface area contributed by atoms with Gasteiger partial charge in [-0.05, 0) is 31.4 Å². The van der Waals surface area contributed by atoms with E-state index in [9.17, 15) is 9.59 Å². The second-order valence-corrected chi connectivity index (χ2v) is 4.24. The summed E-state index contributed by atoms with van der Waals surface area (Å²) >= 11 is 5.26. The summed E-state index contributed by atoms with van der Waals surface area (Å²) in [5.74, 6) is 0.0633. The third kappa shape index (κ3) is 3.29. The highest BCUT2D eigenvalue weighted by molar-refractivity contribution is 6.64. The van der Waals surface area contributed by atoms with Crippen LogP contribution >= 0.6 is 11.6 Å². The molecule has 14 heavy (non-hydrogen) atoms. The highest BCUT2D eigenvalue weighted by Gasteiger charge is 2.23. The highest BCUT2D eigenvalue weighted by atomic mass is 35.5. The summed E-state index contributed by atoms with van der Waals surface area (Å²) in [5, 5.41) is 2.12. The maximum absolute atomic E-state index is 11.6. The first-order valence-corrected chi connectivity index (χ1v) is 5.49. The summed E-state index contributed by atoms with van der Waals surface area (Å²) in [4.78, 5) is 22.3. The van der Waals surface area contributed by atoms with Crippen LogP contribution in [0.3, 0.4) is 0 Å². The molecule has 0 aliphatic heterocycles. The summed E-state index contributed by atoms with van der Waals surface area (Å²) in [6.45, 7) is 1.61. The molecule has 0 aromatic heterocycles. The Morgan fingerprint density at radius 2 is 1.86 bits per heavy atom. The van der Waals surface area contributed by atoms with E-state index < -0.39 is 11.3 Å². The number of amides is 1. The Morgan fingerprint density at radius 1 is 1.29 bits per heavy atom. The minimum absolute atomic E-state index is 0.0220. The van der Waals surface area contributed by atoms with E-state index in [1.165, 1.54) is 6.42 Å². The van der Waals surface area contributed by atoms with Gasteiger partial charge in [-0.25, -0.2) is 0 Å². The minimum Gasteiger partial charge on any atom is -0.345 e. The molecule has 0 spiro atoms. The van der Waals surface area contributed by atoms with Gasteiger partial charge < -0.3 is 5.32 Å². The van der Waals surface area contributed by atoms with Crippen molar-refractivity contribution in [2.45, 2.75) is 45.1 Å². The molecule has 1 fully saturated rings. The quantitative estimate of drug-likeness (QED) is 0.734. The van der Waals surface area contributed by atoms with E-state index in [1.807, 2.05) is 0 Å². The van der Waals surface area contributed by atoms with Crippen LogP contribution in [0.25, 0.3) is 0 Å². The van der Waals surface area contributed by atoms with E-state index in [1.54, 1.807) is 6.92 Å². The molecule has 1 aliphatic carbocycles. The van der Waals surface area contributed by atoms with E-state index >= 15 is 0 Å². The second kappa shape index (κ2) is 5.35. The largest absolute Gasteiger partial charge is 0.345 e. The Morgan fingerprint density at radius 3 is 2.36 bits per heavy atom. The zero-order valence-electron chi connectivity index (χ0n) is 8.38. The lowest BCUT2D eigenvalue weighted by atomic mass is 9.88. The van der Waals surface area contributed by atoms with Gasteiger partial charge in [-0.2, -0.15) is 0 Å². The molecule has 0 aromatic rings. The Bertz CT molecular complexity index is 224. The van der Waals surface area contributed by atoms with Gasteiger partial charge in [-0.15, -0.1) is 0 Å². The van der Waals surface area contributed by atoms with Crippen molar-refractivity contribution in [1.82, 2.24) is 5.32 Å². The molecule has 3 nitrogen and oxygen atoms in total. The third-order valence-corrected chi connectivity index (χ3v) is 3.00. The van der Waals surface area contributed by atoms with E-state index in [4.69, 9.17) is 11.6 Å². The maximum Gasteiger partial charge on any atom is 0.243 e. The fourth-order valence-electron chi connectivity index (χ4n) is 1.75. The van der Waals surface area contributed by atoms with Crippen LogP contribution in [-0.4, -0.2) is 17.2 Å². The van der Waals surface area contributed by atoms with E-state index in [0.717, 1.165) is 25.7 Å². The molecule has 1 amide bonds. The number of hydrogen-bond donors (Lipinski definition) is 1. The molecule has 0 radical (unpaired) electrons. The number of rotatable bonds is 3. The van der Waals surface area contributed by atoms with Crippen LogP contribution in [0.15, 0.2) is 0 Å². The molecule has 1 atom stereocenters. The number of hydrogen-bond acceptors (Lipinski definition) is 2. The monoisotopic (exact) mass is 217 g/mol. The molecule has 4 heteroatoms. The summed E-state index contributed by atoms with van der Waals surface area (Å²) in [6, 6.07) is -0.564. The Hall–Kier alpha value is -0.570. The SMILES string of the molecule is CC(NC(=O)C1CCCCC1)C(=O)Cl. The predicted octanol–water partition coefficient (Wildman–Crippen LogP) is 1.84. The van der Waals surface area contributed by atoms with Gasteiger partial charge in [-0.3, -0.25) is 9.59 Å². The lowest BCUT2D eigenvalue weighted by molar-refractivity contribution is -0.128. The van der Waals surface area contributed by atoms with Crippen molar-refractivity contribution in [3.8, 4) is 0 Å². The van der Waals surface area contributed by atoms with Crippen LogP contribution in [0.4, 0.5) is 0 Å². The molecular formula is C10H16ClNO2. The van der Waals surface area contributed by atoms with Crippen LogP contribution in [0.1, 0.15) is 39.0 Å². The van der Waals surface area contributed by atoms with Gasteiger partial charge in [0.15, 0.2) is 0 Å². The predicted molar refractivity (Wildman–Crippen MR) is 55.0 cm³/mol. The molecule has 1 rings (SSSR count). The average molecular weight is 218 g/mol. The Balaban J connectivity index is 2.36. The zero-order chi connectivity index (χ0) is 10.6. The van der Waals surface area contributed by atoms with E-state index in [2.05, 4.69) is 5.32 Å². The van der Waals surface area contributed by atoms with Gasteiger partial charge in [0.25, 0.3) is 0 Å². The van der Waals surface area contributed by atoms with Crippen LogP contribution in [-0.2, 0) is 9.59 Å². The first-order chi connectivity index (χ1) is 6.61. The van der Waals surface area contributed by atoms with Crippen molar-refractivity contribution in [3.05, 3.63) is 0 Å². The third-order valence-electron chi connectivity index (χ3n) is 2.68. The van der Waals surface area contributed by atoms with E-state index in [-0.39, 0.29) is 11.8 Å². The highest BCUT2D eigenvalue weighted by Crippen LogP contribution is 2.23. The standard InChI is InChI=1S/C10H16ClNO2/c1-7(9(11)13)12-10(14)8-5-3-2-4-6-8/h7-8H,2-6H2,1H3,(H,12,14). The Labute approximate surface area is 89.2 Å². The number of carbonyl (C=O) groups is 2. The van der Waals surface area contributed by atoms with Crippen molar-refractivity contribution in [3.63, 3.8) is 0 Å². The second-order valence-electron chi connectivity index (χ2n) is 3.87. The van der Waals surface area contributed by atoms with Gasteiger partial charge in [-0.1, -0.05) is 19.3 Å². The molecule has 1 aliphatic rings. The molecule has 1 saturated carbocycles. The minimum atomic E-state index is -0.564. The van der Waals surface area contributed by atoms with E-state index in [0.29, 0.717) is 0 Å². The summed E-state index contributed by atoms with van der Waals surface area (Å²) in [6.07, 6.45) is 5.32. The summed E-state index contributed by atoms with van der Waals surface area (Å²) in [7, 11) is 0. The van der Waals surface area contributed by atoms with Crippen LogP contribution in [0.5, 0.6) is 0 Å². The maximum atomic E-state index is 11.6. The summed E-state index contributed by atoms with van der Waals surface area (Å²) in [5.41, 5.74) is 0. The zero-order valence-corrected chi connectivity index (χ0v) is 9.14. The first kappa shape index (κ1) is 11.5. The van der Waals surface area contributed by atoms with Crippen molar-refractivity contribution < 1.29 is 9.59 Å². The molecule has 1 N–H and O–H groups in total. The van der Waals surface area contributed by atoms with Crippen molar-refractivity contribution in [2.75, 3.05) is 0 Å². The molecule has 80 valence electrons. The lowest BCUT2D eigenvalue weighted by Crippen LogP contribution is -2.40. The number of halogens is 1. The topological polar surface area (TPSA) is 46.2 Å². The smallest absolute Gasteiger partial charge is 0.243 e. The van der Waals surface area contributed by atoms with Crippen LogP contribution < -0.4 is 5.32 Å². The number of carbonyl (C=O) groups excluding carboxylic acids is 2. The lowest BCUT2D eigenvalue weighted by Gasteiger charge is -2.21. The molecule has 1 unspecified atom stereocenters. The van der Waals surface area contributed by atoms with Crippen LogP contribution in [0.2, 0.25) is 0 Å². The van der Waals surface area contributed by atoms with Gasteiger partial charge in [0.1, 0.15) is 6.04 Å². The van der Waals surface area contributed by atoms with Crippen molar-refractivity contribution in [1.29, 1.82) is 0 Å². The fourth-order valence-corrected chi connectivity index (χ4v) is 1.81. The van der Waals surface area contributed by atoms with Gasteiger partial charge in [0.05, 0.1) is 0 Å². The normalized spacial score (nSPS) is 20.1. The average Bonchev–Trinajstić information content (AvgIpc) is 2.19. The van der Waals surface area contributed by atoms with Crippen molar-refractivity contribution >= 4 is 22.8 Å². The molecule has 0 saturated heterocycles. The summed E-state index contributed by atoms with van der Waals surface area (Å²) < 4.78 is 0. The van der Waals surface area contributed by atoms with Crippen LogP contribution in [0, 0.1) is 5.92 Å². The molecule has 0 heterocycles. The molecule has 0 aromatic carbocycles. The Kier molecular flexibility index (Phi) is 4.39. The van der Waals surface area contributed by atoms with Crippen molar-refractivity contribution in [2.24, 2.45) is 5.92 Å². The fraction of sp³-hybridized carbons (Fsp3) is 0.800.